The van der Waals surface area contributed by atoms with Crippen LogP contribution in [-0.2, 0) is 4.74 Å². The molecule has 1 aromatic rings. The summed E-state index contributed by atoms with van der Waals surface area (Å²) in [6.07, 6.45) is 5.85. The summed E-state index contributed by atoms with van der Waals surface area (Å²) in [5, 5.41) is 3.11. The molecule has 0 aromatic carbocycles. The van der Waals surface area contributed by atoms with Gasteiger partial charge in [-0.15, -0.1) is 0 Å². The molecule has 5 nitrogen and oxygen atoms in total. The largest absolute Gasteiger partial charge is 0.381 e. The summed E-state index contributed by atoms with van der Waals surface area (Å²) < 4.78 is 5.43. The van der Waals surface area contributed by atoms with Crippen LogP contribution in [0.2, 0.25) is 0 Å². The van der Waals surface area contributed by atoms with Gasteiger partial charge in [0.15, 0.2) is 0 Å². The number of aromatic nitrogens is 1. The first-order valence-electron chi connectivity index (χ1n) is 8.60. The molecule has 126 valence electrons. The Labute approximate surface area is 138 Å². The zero-order valence-electron chi connectivity index (χ0n) is 14.1. The van der Waals surface area contributed by atoms with Crippen molar-refractivity contribution in [2.24, 2.45) is 11.3 Å². The number of nitrogens with zero attached hydrogens (tertiary/aromatic N) is 2. The number of amides is 2. The van der Waals surface area contributed by atoms with Crippen molar-refractivity contribution < 1.29 is 9.53 Å². The molecule has 2 amide bonds. The number of hydrogen-bond donors (Lipinski definition) is 1. The molecular weight excluding hydrogens is 290 g/mol. The highest BCUT2D eigenvalue weighted by Crippen LogP contribution is 2.39. The SMILES string of the molecule is CC(C)C(CNC(=O)N1CC2(CCOCC2)C1)c1cccnc1. The Balaban J connectivity index is 1.50. The molecule has 1 unspecified atom stereocenters. The van der Waals surface area contributed by atoms with E-state index in [1.165, 1.54) is 5.56 Å². The van der Waals surface area contributed by atoms with E-state index in [2.05, 4.69) is 30.2 Å². The van der Waals surface area contributed by atoms with Gasteiger partial charge in [-0.1, -0.05) is 19.9 Å². The maximum Gasteiger partial charge on any atom is 0.317 e. The Hall–Kier alpha value is -1.62. The van der Waals surface area contributed by atoms with Gasteiger partial charge >= 0.3 is 6.03 Å². The number of hydrogen-bond acceptors (Lipinski definition) is 3. The van der Waals surface area contributed by atoms with Crippen molar-refractivity contribution in [3.8, 4) is 0 Å². The van der Waals surface area contributed by atoms with E-state index in [4.69, 9.17) is 4.74 Å². The fraction of sp³-hybridized carbons (Fsp3) is 0.667. The summed E-state index contributed by atoms with van der Waals surface area (Å²) in [6.45, 7) is 8.46. The minimum Gasteiger partial charge on any atom is -0.381 e. The van der Waals surface area contributed by atoms with Crippen molar-refractivity contribution in [2.45, 2.75) is 32.6 Å². The molecule has 0 bridgehead atoms. The lowest BCUT2D eigenvalue weighted by atomic mass is 9.73. The highest BCUT2D eigenvalue weighted by atomic mass is 16.5. The predicted octanol–water partition coefficient (Wildman–Crippen LogP) is 2.64. The van der Waals surface area contributed by atoms with E-state index in [9.17, 15) is 4.79 Å². The summed E-state index contributed by atoms with van der Waals surface area (Å²) in [6, 6.07) is 4.11. The second-order valence-corrected chi connectivity index (χ2v) is 7.29. The zero-order chi connectivity index (χ0) is 16.3. The van der Waals surface area contributed by atoms with Crippen molar-refractivity contribution in [2.75, 3.05) is 32.8 Å². The van der Waals surface area contributed by atoms with Crippen molar-refractivity contribution in [3.05, 3.63) is 30.1 Å². The van der Waals surface area contributed by atoms with Crippen LogP contribution in [0.15, 0.2) is 24.5 Å². The third-order valence-electron chi connectivity index (χ3n) is 5.28. The van der Waals surface area contributed by atoms with E-state index in [1.54, 1.807) is 6.20 Å². The molecule has 2 aliphatic rings. The van der Waals surface area contributed by atoms with Gasteiger partial charge in [0.05, 0.1) is 0 Å². The van der Waals surface area contributed by atoms with Gasteiger partial charge in [0.2, 0.25) is 0 Å². The average molecular weight is 317 g/mol. The number of ether oxygens (including phenoxy) is 1. The number of carbonyl (C=O) groups is 1. The maximum atomic E-state index is 12.4. The maximum absolute atomic E-state index is 12.4. The monoisotopic (exact) mass is 317 g/mol. The van der Waals surface area contributed by atoms with E-state index in [0.29, 0.717) is 23.8 Å². The normalized spacial score (nSPS) is 21.1. The van der Waals surface area contributed by atoms with Crippen molar-refractivity contribution >= 4 is 6.03 Å². The van der Waals surface area contributed by atoms with Crippen LogP contribution in [0.3, 0.4) is 0 Å². The van der Waals surface area contributed by atoms with Gasteiger partial charge in [0.1, 0.15) is 0 Å². The van der Waals surface area contributed by atoms with Gasteiger partial charge in [0.25, 0.3) is 0 Å². The topological polar surface area (TPSA) is 54.5 Å². The molecule has 23 heavy (non-hydrogen) atoms. The van der Waals surface area contributed by atoms with Gasteiger partial charge in [0, 0.05) is 56.6 Å². The van der Waals surface area contributed by atoms with Crippen molar-refractivity contribution in [3.63, 3.8) is 0 Å². The summed E-state index contributed by atoms with van der Waals surface area (Å²) in [5.41, 5.74) is 1.52. The van der Waals surface area contributed by atoms with Gasteiger partial charge < -0.3 is 15.0 Å². The van der Waals surface area contributed by atoms with Crippen LogP contribution in [0.25, 0.3) is 0 Å². The summed E-state index contributed by atoms with van der Waals surface area (Å²) in [7, 11) is 0. The molecule has 5 heteroatoms. The standard InChI is InChI=1S/C18H27N3O2/c1-14(2)16(15-4-3-7-19-10-15)11-20-17(22)21-12-18(13-21)5-8-23-9-6-18/h3-4,7,10,14,16H,5-6,8-9,11-13H2,1-2H3,(H,20,22). The quantitative estimate of drug-likeness (QED) is 0.929. The second kappa shape index (κ2) is 6.87. The number of carbonyl (C=O) groups excluding carboxylic acids is 1. The van der Waals surface area contributed by atoms with Crippen molar-refractivity contribution in [1.29, 1.82) is 0 Å². The predicted molar refractivity (Wildman–Crippen MR) is 89.3 cm³/mol. The van der Waals surface area contributed by atoms with Gasteiger partial charge in [-0.2, -0.15) is 0 Å². The first-order valence-corrected chi connectivity index (χ1v) is 8.60. The minimum atomic E-state index is 0.0663. The third-order valence-corrected chi connectivity index (χ3v) is 5.28. The lowest BCUT2D eigenvalue weighted by Gasteiger charge is -2.52. The van der Waals surface area contributed by atoms with E-state index in [0.717, 1.165) is 39.1 Å². The van der Waals surface area contributed by atoms with E-state index >= 15 is 0 Å². The van der Waals surface area contributed by atoms with Crippen LogP contribution in [0.1, 0.15) is 38.2 Å². The van der Waals surface area contributed by atoms with Crippen LogP contribution in [0.4, 0.5) is 4.79 Å². The number of nitrogens with one attached hydrogen (secondary N) is 1. The zero-order valence-corrected chi connectivity index (χ0v) is 14.1. The second-order valence-electron chi connectivity index (χ2n) is 7.29. The van der Waals surface area contributed by atoms with E-state index in [1.807, 2.05) is 17.2 Å². The minimum absolute atomic E-state index is 0.0663. The van der Waals surface area contributed by atoms with Crippen LogP contribution in [0, 0.1) is 11.3 Å². The number of likely N-dealkylation sites (tertiary alicyclic amines) is 1. The molecule has 2 fully saturated rings. The first-order chi connectivity index (χ1) is 11.1. The van der Waals surface area contributed by atoms with E-state index < -0.39 is 0 Å². The molecule has 0 radical (unpaired) electrons. The Kier molecular flexibility index (Phi) is 4.85. The van der Waals surface area contributed by atoms with Crippen molar-refractivity contribution in [1.82, 2.24) is 15.2 Å². The number of urea groups is 1. The first kappa shape index (κ1) is 16.2. The molecule has 3 rings (SSSR count). The fourth-order valence-corrected chi connectivity index (χ4v) is 3.67. The third kappa shape index (κ3) is 3.66. The molecule has 1 aromatic heterocycles. The molecule has 0 aliphatic carbocycles. The highest BCUT2D eigenvalue weighted by Gasteiger charge is 2.45. The van der Waals surface area contributed by atoms with Crippen LogP contribution in [0.5, 0.6) is 0 Å². The summed E-state index contributed by atoms with van der Waals surface area (Å²) in [5.74, 6) is 0.753. The summed E-state index contributed by atoms with van der Waals surface area (Å²) in [4.78, 5) is 18.5. The molecular formula is C18H27N3O2. The van der Waals surface area contributed by atoms with Crippen LogP contribution < -0.4 is 5.32 Å². The lowest BCUT2D eigenvalue weighted by molar-refractivity contribution is -0.0616. The van der Waals surface area contributed by atoms with Gasteiger partial charge in [-0.3, -0.25) is 4.98 Å². The smallest absolute Gasteiger partial charge is 0.317 e. The Morgan fingerprint density at radius 1 is 1.39 bits per heavy atom. The van der Waals surface area contributed by atoms with Crippen LogP contribution in [-0.4, -0.2) is 48.8 Å². The molecule has 2 saturated heterocycles. The Morgan fingerprint density at radius 2 is 2.13 bits per heavy atom. The summed E-state index contributed by atoms with van der Waals surface area (Å²) >= 11 is 0. The lowest BCUT2D eigenvalue weighted by Crippen LogP contribution is -2.62. The molecule has 0 saturated carbocycles. The molecule has 1 atom stereocenters. The van der Waals surface area contributed by atoms with E-state index in [-0.39, 0.29) is 6.03 Å². The molecule has 2 aliphatic heterocycles. The number of rotatable bonds is 4. The Bertz CT molecular complexity index is 518. The van der Waals surface area contributed by atoms with Gasteiger partial charge in [-0.05, 0) is 30.4 Å². The molecule has 1 N–H and O–H groups in total. The van der Waals surface area contributed by atoms with Gasteiger partial charge in [-0.25, -0.2) is 4.79 Å². The fourth-order valence-electron chi connectivity index (χ4n) is 3.67. The molecule has 3 heterocycles. The van der Waals surface area contributed by atoms with Crippen LogP contribution >= 0.6 is 0 Å². The number of pyridine rings is 1. The highest BCUT2D eigenvalue weighted by molar-refractivity contribution is 5.75. The average Bonchev–Trinajstić information content (AvgIpc) is 2.54. The molecule has 1 spiro atoms. The Morgan fingerprint density at radius 3 is 2.74 bits per heavy atom.